The van der Waals surface area contributed by atoms with Crippen molar-refractivity contribution in [2.24, 2.45) is 5.92 Å². The maximum Gasteiger partial charge on any atom is 0.258 e. The zero-order valence-corrected chi connectivity index (χ0v) is 35.9. The molecule has 16 nitrogen and oxygen atoms in total. The lowest BCUT2D eigenvalue weighted by molar-refractivity contribution is -0.139. The number of fused-ring (bicyclic) bond motifs is 3. The Morgan fingerprint density at radius 2 is 1.61 bits per heavy atom. The first kappa shape index (κ1) is 40.3. The number of anilines is 2. The highest BCUT2D eigenvalue weighted by molar-refractivity contribution is 7.19. The Morgan fingerprint density at radius 1 is 0.871 bits per heavy atom. The van der Waals surface area contributed by atoms with Gasteiger partial charge in [0.05, 0.1) is 46.1 Å². The van der Waals surface area contributed by atoms with Crippen LogP contribution in [0.5, 0.6) is 5.75 Å². The number of benzene rings is 2. The number of carbonyl (C=O) groups excluding carboxylic acids is 2. The standard InChI is InChI=1S/C45H51N11O5S/c1-27(2)34-19-35(38(57)36-22-49-61-39(34)36)44(59)56-24-30-4-3-28(17-31(30)25-56)23-52-7-5-29(6-8-52)43(58)55-11-9-53(10-12-55)26-33-18-37-40(62-33)42(54-13-15-60-16-14-54)51-41(50-37)32-20-47-45(46)48-21-32/h3-4,17-22,27,29,57H,5-16,23-26H2,1-2H3,(H2,46,47,48). The molecular formula is C45H51N11O5S. The van der Waals surface area contributed by atoms with Gasteiger partial charge in [-0.15, -0.1) is 11.3 Å². The molecule has 322 valence electrons. The first-order valence-corrected chi connectivity index (χ1v) is 22.4. The number of thiophene rings is 1. The summed E-state index contributed by atoms with van der Waals surface area (Å²) in [6.45, 7) is 14.3. The number of nitrogens with zero attached hydrogens (tertiary/aromatic N) is 10. The van der Waals surface area contributed by atoms with Gasteiger partial charge in [-0.05, 0) is 60.7 Å². The highest BCUT2D eigenvalue weighted by Gasteiger charge is 2.32. The Morgan fingerprint density at radius 3 is 2.37 bits per heavy atom. The molecule has 0 spiro atoms. The second-order valence-corrected chi connectivity index (χ2v) is 18.4. The Kier molecular flexibility index (Phi) is 11.0. The Labute approximate surface area is 363 Å². The number of piperazine rings is 1. The van der Waals surface area contributed by atoms with E-state index in [4.69, 9.17) is 25.0 Å². The van der Waals surface area contributed by atoms with E-state index < -0.39 is 0 Å². The van der Waals surface area contributed by atoms with Crippen molar-refractivity contribution in [3.05, 3.63) is 81.6 Å². The van der Waals surface area contributed by atoms with Gasteiger partial charge in [0, 0.05) is 94.2 Å². The highest BCUT2D eigenvalue weighted by Crippen LogP contribution is 2.38. The van der Waals surface area contributed by atoms with Crippen molar-refractivity contribution in [2.75, 3.05) is 76.2 Å². The van der Waals surface area contributed by atoms with Crippen LogP contribution in [0.25, 0.3) is 32.6 Å². The van der Waals surface area contributed by atoms with Crippen molar-refractivity contribution in [3.63, 3.8) is 0 Å². The third-order valence-electron chi connectivity index (χ3n) is 12.8. The van der Waals surface area contributed by atoms with Crippen LogP contribution in [0.15, 0.2) is 53.4 Å². The summed E-state index contributed by atoms with van der Waals surface area (Å²) in [5.41, 5.74) is 12.5. The molecule has 2 amide bonds. The van der Waals surface area contributed by atoms with E-state index in [1.54, 1.807) is 34.7 Å². The van der Waals surface area contributed by atoms with E-state index in [9.17, 15) is 14.7 Å². The number of ether oxygens (including phenoxy) is 1. The third kappa shape index (κ3) is 7.93. The summed E-state index contributed by atoms with van der Waals surface area (Å²) in [4.78, 5) is 58.0. The van der Waals surface area contributed by atoms with E-state index in [1.165, 1.54) is 16.6 Å². The SMILES string of the molecule is CC(C)c1cc(C(=O)N2Cc3ccc(CN4CCC(C(=O)N5CCN(Cc6cc7nc(-c8cnc(N)nc8)nc(N8CCOCC8)c7s6)CC5)CC4)cc3C2)c(O)c2cnoc12. The van der Waals surface area contributed by atoms with Crippen LogP contribution in [-0.2, 0) is 35.7 Å². The van der Waals surface area contributed by atoms with E-state index in [-0.39, 0.29) is 40.9 Å². The second kappa shape index (κ2) is 16.8. The van der Waals surface area contributed by atoms with Crippen LogP contribution in [0, 0.1) is 5.92 Å². The van der Waals surface area contributed by atoms with Gasteiger partial charge in [-0.25, -0.2) is 19.9 Å². The van der Waals surface area contributed by atoms with Crippen molar-refractivity contribution in [2.45, 2.75) is 58.8 Å². The predicted molar refractivity (Wildman–Crippen MR) is 236 cm³/mol. The summed E-state index contributed by atoms with van der Waals surface area (Å²) >= 11 is 1.74. The number of piperidine rings is 1. The lowest BCUT2D eigenvalue weighted by atomic mass is 9.94. The number of hydrogen-bond acceptors (Lipinski definition) is 15. The summed E-state index contributed by atoms with van der Waals surface area (Å²) in [5.74, 6) is 1.84. The molecule has 4 aliphatic heterocycles. The number of likely N-dealkylation sites (tertiary alicyclic amines) is 1. The molecule has 3 N–H and O–H groups in total. The fraction of sp³-hybridized carbons (Fsp3) is 0.444. The van der Waals surface area contributed by atoms with Gasteiger partial charge in [-0.1, -0.05) is 37.2 Å². The van der Waals surface area contributed by atoms with Gasteiger partial charge in [-0.3, -0.25) is 19.4 Å². The maximum atomic E-state index is 13.8. The number of morpholine rings is 1. The van der Waals surface area contributed by atoms with Gasteiger partial charge < -0.3 is 34.8 Å². The van der Waals surface area contributed by atoms with E-state index in [1.807, 2.05) is 13.8 Å². The maximum absolute atomic E-state index is 13.8. The van der Waals surface area contributed by atoms with Gasteiger partial charge in [0.1, 0.15) is 5.75 Å². The average Bonchev–Trinajstić information content (AvgIpc) is 4.06. The molecule has 17 heteroatoms. The molecule has 4 aromatic heterocycles. The number of carbonyl (C=O) groups is 2. The fourth-order valence-electron chi connectivity index (χ4n) is 9.32. The van der Waals surface area contributed by atoms with E-state index in [2.05, 4.69) is 59.0 Å². The predicted octanol–water partition coefficient (Wildman–Crippen LogP) is 5.25. The van der Waals surface area contributed by atoms with Crippen LogP contribution in [0.2, 0.25) is 0 Å². The van der Waals surface area contributed by atoms with Crippen LogP contribution in [-0.4, -0.2) is 127 Å². The monoisotopic (exact) mass is 857 g/mol. The van der Waals surface area contributed by atoms with Gasteiger partial charge >= 0.3 is 0 Å². The van der Waals surface area contributed by atoms with Crippen molar-refractivity contribution >= 4 is 56.1 Å². The number of phenolic OH excluding ortho intramolecular Hbond substituents is 1. The number of nitrogens with two attached hydrogens (primary N) is 1. The number of nitrogen functional groups attached to an aromatic ring is 1. The van der Waals surface area contributed by atoms with Crippen molar-refractivity contribution in [3.8, 4) is 17.1 Å². The third-order valence-corrected chi connectivity index (χ3v) is 13.9. The number of aromatic hydroxyl groups is 1. The highest BCUT2D eigenvalue weighted by atomic mass is 32.1. The zero-order chi connectivity index (χ0) is 42.5. The zero-order valence-electron chi connectivity index (χ0n) is 35.1. The number of rotatable bonds is 9. The van der Waals surface area contributed by atoms with Gasteiger partial charge in [-0.2, -0.15) is 0 Å². The molecule has 0 radical (unpaired) electrons. The van der Waals surface area contributed by atoms with Crippen molar-refractivity contribution in [1.82, 2.24) is 44.7 Å². The summed E-state index contributed by atoms with van der Waals surface area (Å²) in [7, 11) is 0. The molecule has 3 fully saturated rings. The molecule has 0 bridgehead atoms. The first-order valence-electron chi connectivity index (χ1n) is 21.6. The largest absolute Gasteiger partial charge is 0.506 e. The van der Waals surface area contributed by atoms with Crippen LogP contribution < -0.4 is 10.6 Å². The number of hydrogen-bond donors (Lipinski definition) is 2. The minimum absolute atomic E-state index is 0.0440. The van der Waals surface area contributed by atoms with Gasteiger partial charge in [0.25, 0.3) is 5.91 Å². The van der Waals surface area contributed by atoms with Crippen LogP contribution in [0.3, 0.4) is 0 Å². The second-order valence-electron chi connectivity index (χ2n) is 17.2. The Bertz CT molecular complexity index is 2630. The van der Waals surface area contributed by atoms with Crippen LogP contribution in [0.4, 0.5) is 11.8 Å². The summed E-state index contributed by atoms with van der Waals surface area (Å²) < 4.78 is 12.1. The number of aromatic nitrogens is 5. The number of phenols is 1. The quantitative estimate of drug-likeness (QED) is 0.192. The Balaban J connectivity index is 0.719. The van der Waals surface area contributed by atoms with Crippen molar-refractivity contribution < 1.29 is 24.0 Å². The fourth-order valence-corrected chi connectivity index (χ4v) is 10.5. The van der Waals surface area contributed by atoms with E-state index >= 15 is 0 Å². The topological polar surface area (TPSA) is 183 Å². The molecule has 4 aliphatic rings. The molecule has 8 heterocycles. The first-order chi connectivity index (χ1) is 30.1. The van der Waals surface area contributed by atoms with E-state index in [0.29, 0.717) is 43.1 Å². The minimum atomic E-state index is -0.204. The molecule has 0 unspecified atom stereocenters. The molecule has 0 saturated carbocycles. The Hall–Kier alpha value is -5.75. The smallest absolute Gasteiger partial charge is 0.258 e. The van der Waals surface area contributed by atoms with Gasteiger partial charge in [0.15, 0.2) is 17.2 Å². The molecule has 0 atom stereocenters. The average molecular weight is 858 g/mol. The van der Waals surface area contributed by atoms with Crippen LogP contribution in [0.1, 0.15) is 70.1 Å². The summed E-state index contributed by atoms with van der Waals surface area (Å²) in [5, 5.41) is 15.3. The lowest BCUT2D eigenvalue weighted by Gasteiger charge is -2.38. The summed E-state index contributed by atoms with van der Waals surface area (Å²) in [6, 6.07) is 10.4. The van der Waals surface area contributed by atoms with Gasteiger partial charge in [0.2, 0.25) is 11.9 Å². The lowest BCUT2D eigenvalue weighted by Crippen LogP contribution is -2.51. The number of amides is 2. The molecular weight excluding hydrogens is 807 g/mol. The molecule has 6 aromatic rings. The van der Waals surface area contributed by atoms with Crippen LogP contribution >= 0.6 is 11.3 Å². The van der Waals surface area contributed by atoms with E-state index in [0.717, 1.165) is 117 Å². The molecule has 3 saturated heterocycles. The molecule has 2 aromatic carbocycles. The normalized spacial score (nSPS) is 18.1. The van der Waals surface area contributed by atoms with Crippen molar-refractivity contribution in [1.29, 1.82) is 0 Å². The molecule has 0 aliphatic carbocycles. The molecule has 62 heavy (non-hydrogen) atoms. The minimum Gasteiger partial charge on any atom is -0.506 e. The molecule has 10 rings (SSSR count). The summed E-state index contributed by atoms with van der Waals surface area (Å²) in [6.07, 6.45) is 6.51.